The van der Waals surface area contributed by atoms with E-state index in [-0.39, 0.29) is 61.9 Å². The Hall–Kier alpha value is -5.32. The first-order valence-electron chi connectivity index (χ1n) is 19.9. The van der Waals surface area contributed by atoms with Crippen LogP contribution in [0.25, 0.3) is 22.3 Å². The molecule has 0 radical (unpaired) electrons. The van der Waals surface area contributed by atoms with Crippen LogP contribution in [0.2, 0.25) is 0 Å². The molecule has 0 aromatic heterocycles. The van der Waals surface area contributed by atoms with Crippen molar-refractivity contribution in [3.63, 3.8) is 0 Å². The molecule has 2 aliphatic heterocycles. The Morgan fingerprint density at radius 3 is 1.12 bits per heavy atom. The number of hydrogen-bond donors (Lipinski definition) is 1. The van der Waals surface area contributed by atoms with Crippen LogP contribution < -0.4 is 9.47 Å². The van der Waals surface area contributed by atoms with E-state index >= 15 is 0 Å². The molecule has 2 fully saturated rings. The van der Waals surface area contributed by atoms with Gasteiger partial charge in [-0.15, -0.1) is 0 Å². The number of halogens is 8. The maximum absolute atomic E-state index is 13.6. The Kier molecular flexibility index (Phi) is 15.6. The maximum atomic E-state index is 13.6. The second-order valence-electron chi connectivity index (χ2n) is 16.1. The van der Waals surface area contributed by atoms with Crippen molar-refractivity contribution in [3.05, 3.63) is 97.1 Å². The van der Waals surface area contributed by atoms with Gasteiger partial charge in [0.1, 0.15) is 17.1 Å². The molecule has 0 unspecified atom stereocenters. The number of hydrogen-bond acceptors (Lipinski definition) is 11. The predicted octanol–water partition coefficient (Wildman–Crippen LogP) is 9.25. The molecule has 0 saturated carbocycles. The normalized spacial score (nSPS) is 16.7. The number of carbonyl (C=O) groups is 2. The summed E-state index contributed by atoms with van der Waals surface area (Å²) in [6.45, 7) is 5.19. The minimum atomic E-state index is -4.62. The number of aliphatic carboxylic acids is 1. The third-order valence-electron chi connectivity index (χ3n) is 10.5. The Morgan fingerprint density at radius 2 is 0.833 bits per heavy atom. The fourth-order valence-electron chi connectivity index (χ4n) is 6.89. The van der Waals surface area contributed by atoms with Crippen molar-refractivity contribution < 1.29 is 90.3 Å². The average Bonchev–Trinajstić information content (AvgIpc) is 3.26. The van der Waals surface area contributed by atoms with E-state index in [1.165, 1.54) is 72.8 Å². The van der Waals surface area contributed by atoms with E-state index in [1.807, 2.05) is 0 Å². The standard InChI is InChI=1S/C24H26F4O6S.C20H18F4O6S/c1-22(2,3)34-21(29)23(12-14-32-15-13-23)35(30,31)19-10-6-17(7-11-19)16-4-8-18(9-5-16)33-24(27,28)20(25)26;21-17(22)20(23,24)30-15-5-1-13(2-6-15)14-3-7-16(8-4-14)31(27,28)19(18(25)26)9-11-29-12-10-19/h4-11,20H,12-15H2,1-3H3;1-8,17H,9-12H2,(H,25,26). The number of esters is 1. The summed E-state index contributed by atoms with van der Waals surface area (Å²) in [5.41, 5.74) is 1.15. The first kappa shape index (κ1) is 51.7. The number of sulfone groups is 2. The van der Waals surface area contributed by atoms with E-state index in [9.17, 15) is 66.7 Å². The zero-order chi connectivity index (χ0) is 48.9. The van der Waals surface area contributed by atoms with Gasteiger partial charge in [-0.25, -0.2) is 16.8 Å². The summed E-state index contributed by atoms with van der Waals surface area (Å²) >= 11 is 0. The summed E-state index contributed by atoms with van der Waals surface area (Å²) in [5.74, 6) is -3.17. The predicted molar refractivity (Wildman–Crippen MR) is 220 cm³/mol. The first-order valence-corrected chi connectivity index (χ1v) is 22.9. The van der Waals surface area contributed by atoms with Crippen LogP contribution in [0, 0.1) is 0 Å². The van der Waals surface area contributed by atoms with E-state index in [0.29, 0.717) is 22.3 Å². The molecule has 0 amide bonds. The molecule has 2 saturated heterocycles. The largest absolute Gasteiger partial charge is 0.480 e. The first-order chi connectivity index (χ1) is 30.7. The van der Waals surface area contributed by atoms with Crippen LogP contribution in [0.15, 0.2) is 107 Å². The lowest BCUT2D eigenvalue weighted by molar-refractivity contribution is -0.253. The molecule has 12 nitrogen and oxygen atoms in total. The lowest BCUT2D eigenvalue weighted by Crippen LogP contribution is -2.53. The Labute approximate surface area is 374 Å². The SMILES string of the molecule is CC(C)(C)OC(=O)C1(S(=O)(=O)c2ccc(-c3ccc(OC(F)(F)C(F)F)cc3)cc2)CCOCC1.O=C(O)C1(S(=O)(=O)c2ccc(-c3ccc(OC(F)(F)C(F)F)cc3)cc2)CCOCC1. The van der Waals surface area contributed by atoms with Gasteiger partial charge in [0.15, 0.2) is 29.2 Å². The maximum Gasteiger partial charge on any atom is 0.461 e. The number of rotatable bonds is 14. The molecule has 4 aromatic carbocycles. The molecule has 2 heterocycles. The minimum Gasteiger partial charge on any atom is -0.480 e. The van der Waals surface area contributed by atoms with Crippen LogP contribution in [0.4, 0.5) is 35.1 Å². The molecular formula is C44H44F8O12S2. The molecule has 360 valence electrons. The fraction of sp³-hybridized carbons (Fsp3) is 0.409. The second-order valence-corrected chi connectivity index (χ2v) is 20.6. The number of carboxylic acid groups (broad SMARTS) is 1. The number of alkyl halides is 8. The Balaban J connectivity index is 0.000000249. The van der Waals surface area contributed by atoms with E-state index in [0.717, 1.165) is 24.3 Å². The smallest absolute Gasteiger partial charge is 0.461 e. The highest BCUT2D eigenvalue weighted by Gasteiger charge is 2.55. The summed E-state index contributed by atoms with van der Waals surface area (Å²) in [6.07, 6.45) is -17.6. The molecule has 0 aliphatic carbocycles. The molecule has 66 heavy (non-hydrogen) atoms. The molecule has 0 bridgehead atoms. The van der Waals surface area contributed by atoms with Crippen molar-refractivity contribution in [1.29, 1.82) is 0 Å². The van der Waals surface area contributed by atoms with Gasteiger partial charge in [0, 0.05) is 52.1 Å². The highest BCUT2D eigenvalue weighted by molar-refractivity contribution is 7.94. The van der Waals surface area contributed by atoms with Gasteiger partial charge in [-0.3, -0.25) is 9.59 Å². The van der Waals surface area contributed by atoms with E-state index < -0.39 is 83.3 Å². The van der Waals surface area contributed by atoms with E-state index in [2.05, 4.69) is 9.47 Å². The number of carboxylic acids is 1. The number of carbonyl (C=O) groups excluding carboxylic acids is 1. The Morgan fingerprint density at radius 1 is 0.545 bits per heavy atom. The molecular weight excluding hydrogens is 937 g/mol. The minimum absolute atomic E-state index is 0.0165. The van der Waals surface area contributed by atoms with Crippen molar-refractivity contribution >= 4 is 31.6 Å². The van der Waals surface area contributed by atoms with Crippen molar-refractivity contribution in [2.75, 3.05) is 26.4 Å². The lowest BCUT2D eigenvalue weighted by atomic mass is 9.99. The third kappa shape index (κ3) is 11.3. The topological polar surface area (TPSA) is 169 Å². The second kappa shape index (κ2) is 19.9. The van der Waals surface area contributed by atoms with E-state index in [4.69, 9.17) is 14.2 Å². The van der Waals surface area contributed by atoms with E-state index in [1.54, 1.807) is 20.8 Å². The molecule has 2 aliphatic rings. The van der Waals surface area contributed by atoms with Gasteiger partial charge in [-0.05, 0) is 91.6 Å². The van der Waals surface area contributed by atoms with Gasteiger partial charge in [-0.1, -0.05) is 48.5 Å². The number of ether oxygens (including phenoxy) is 5. The van der Waals surface area contributed by atoms with Crippen molar-refractivity contribution in [2.24, 2.45) is 0 Å². The van der Waals surface area contributed by atoms with Crippen molar-refractivity contribution in [2.45, 2.75) is 96.4 Å². The lowest BCUT2D eigenvalue weighted by Gasteiger charge is -2.36. The monoisotopic (exact) mass is 980 g/mol. The molecule has 1 N–H and O–H groups in total. The van der Waals surface area contributed by atoms with Gasteiger partial charge < -0.3 is 28.8 Å². The van der Waals surface area contributed by atoms with Gasteiger partial charge in [0.25, 0.3) is 0 Å². The van der Waals surface area contributed by atoms with Crippen LogP contribution in [0.5, 0.6) is 11.5 Å². The quantitative estimate of drug-likeness (QED) is 0.0941. The zero-order valence-corrected chi connectivity index (χ0v) is 37.0. The molecule has 0 atom stereocenters. The summed E-state index contributed by atoms with van der Waals surface area (Å²) in [5, 5.41) is 9.61. The molecule has 4 aromatic rings. The molecule has 0 spiro atoms. The zero-order valence-electron chi connectivity index (χ0n) is 35.3. The van der Waals surface area contributed by atoms with Gasteiger partial charge in [0.05, 0.1) is 9.79 Å². The van der Waals surface area contributed by atoms with Crippen LogP contribution in [-0.4, -0.2) is 100 Å². The molecule has 6 rings (SSSR count). The summed E-state index contributed by atoms with van der Waals surface area (Å²) in [7, 11) is -8.37. The fourth-order valence-corrected chi connectivity index (χ4v) is 10.7. The van der Waals surface area contributed by atoms with Crippen LogP contribution in [0.3, 0.4) is 0 Å². The Bertz CT molecular complexity index is 2520. The summed E-state index contributed by atoms with van der Waals surface area (Å²) in [4.78, 5) is 24.6. The van der Waals surface area contributed by atoms with Crippen molar-refractivity contribution in [3.8, 4) is 33.8 Å². The van der Waals surface area contributed by atoms with Crippen LogP contribution in [-0.2, 0) is 43.5 Å². The summed E-state index contributed by atoms with van der Waals surface area (Å²) in [6, 6.07) is 20.9. The highest BCUT2D eigenvalue weighted by Crippen LogP contribution is 2.39. The number of benzene rings is 4. The van der Waals surface area contributed by atoms with Gasteiger partial charge >= 0.3 is 37.0 Å². The molecule has 22 heteroatoms. The van der Waals surface area contributed by atoms with Crippen LogP contribution in [0.1, 0.15) is 46.5 Å². The highest BCUT2D eigenvalue weighted by atomic mass is 32.2. The van der Waals surface area contributed by atoms with Crippen LogP contribution >= 0.6 is 0 Å². The summed E-state index contributed by atoms with van der Waals surface area (Å²) < 4.78 is 175. The third-order valence-corrected chi connectivity index (χ3v) is 15.5. The average molecular weight is 981 g/mol. The van der Waals surface area contributed by atoms with Gasteiger partial charge in [0.2, 0.25) is 0 Å². The van der Waals surface area contributed by atoms with Crippen molar-refractivity contribution in [1.82, 2.24) is 0 Å². The van der Waals surface area contributed by atoms with Gasteiger partial charge in [-0.2, -0.15) is 35.1 Å².